The smallest absolute Gasteiger partial charge is 0.355 e. The molecule has 11 nitrogen and oxygen atoms in total. The van der Waals surface area contributed by atoms with Gasteiger partial charge < -0.3 is 25.0 Å². The molecule has 2 N–H and O–H groups in total. The maximum atomic E-state index is 15.0. The van der Waals surface area contributed by atoms with E-state index in [2.05, 4.69) is 47.1 Å². The van der Waals surface area contributed by atoms with Crippen LogP contribution < -0.4 is 15.0 Å². The van der Waals surface area contributed by atoms with Crippen LogP contribution >= 0.6 is 22.7 Å². The Balaban J connectivity index is 0.851. The van der Waals surface area contributed by atoms with Crippen molar-refractivity contribution < 1.29 is 19.0 Å². The molecule has 3 aliphatic heterocycles. The Morgan fingerprint density at radius 2 is 1.85 bits per heavy atom. The summed E-state index contributed by atoms with van der Waals surface area (Å²) in [6.07, 6.45) is 9.01. The Labute approximate surface area is 328 Å². The third kappa shape index (κ3) is 8.60. The van der Waals surface area contributed by atoms with Gasteiger partial charge in [0.2, 0.25) is 0 Å². The van der Waals surface area contributed by atoms with Crippen molar-refractivity contribution in [3.8, 4) is 17.6 Å². The molecule has 0 bridgehead atoms. The van der Waals surface area contributed by atoms with E-state index in [4.69, 9.17) is 4.74 Å². The van der Waals surface area contributed by atoms with Crippen molar-refractivity contribution in [1.82, 2.24) is 30.0 Å². The van der Waals surface area contributed by atoms with Crippen LogP contribution in [0.3, 0.4) is 0 Å². The Kier molecular flexibility index (Phi) is 11.5. The number of hydrogen-bond acceptors (Lipinski definition) is 12. The number of aromatic nitrogens is 4. The van der Waals surface area contributed by atoms with Crippen LogP contribution in [0.5, 0.6) is 5.75 Å². The molecule has 2 aromatic carbocycles. The highest BCUT2D eigenvalue weighted by molar-refractivity contribution is 7.22. The summed E-state index contributed by atoms with van der Waals surface area (Å²) in [7, 11) is 0. The van der Waals surface area contributed by atoms with Gasteiger partial charge in [-0.1, -0.05) is 41.7 Å². The third-order valence-electron chi connectivity index (χ3n) is 10.8. The summed E-state index contributed by atoms with van der Waals surface area (Å²) < 4.78 is 21.9. The van der Waals surface area contributed by atoms with Crippen molar-refractivity contribution >= 4 is 60.8 Å². The van der Waals surface area contributed by atoms with Crippen LogP contribution in [0.15, 0.2) is 42.5 Å². The Morgan fingerprint density at radius 1 is 1.02 bits per heavy atom. The van der Waals surface area contributed by atoms with Gasteiger partial charge in [-0.15, -0.1) is 21.5 Å². The SMILES string of the molecule is Cc1c(Nc2nc3ccccc3s2)nnc2c1CCCN2c1nc(C(=O)O)c(CCCOc2ccc(C#CCN3CCC(N4CCCCC4)CC3)cc2F)s1. The summed E-state index contributed by atoms with van der Waals surface area (Å²) in [5.41, 5.74) is 3.60. The van der Waals surface area contributed by atoms with Crippen molar-refractivity contribution in [2.75, 3.05) is 56.1 Å². The number of carboxylic acids is 1. The van der Waals surface area contributed by atoms with E-state index in [9.17, 15) is 14.3 Å². The van der Waals surface area contributed by atoms with Crippen LogP contribution in [-0.2, 0) is 12.8 Å². The zero-order chi connectivity index (χ0) is 37.7. The van der Waals surface area contributed by atoms with Gasteiger partial charge in [0, 0.05) is 47.2 Å². The number of fused-ring (bicyclic) bond motifs is 2. The molecule has 2 saturated heterocycles. The molecule has 5 aromatic rings. The number of ether oxygens (including phenoxy) is 1. The first-order valence-electron chi connectivity index (χ1n) is 19.3. The molecule has 0 aliphatic carbocycles. The number of thiazole rings is 2. The number of benzene rings is 2. The molecule has 3 aromatic heterocycles. The first-order valence-corrected chi connectivity index (χ1v) is 20.9. The predicted octanol–water partition coefficient (Wildman–Crippen LogP) is 7.83. The Hall–Kier alpha value is -4.68. The normalized spacial score (nSPS) is 16.8. The highest BCUT2D eigenvalue weighted by atomic mass is 32.1. The minimum atomic E-state index is -1.09. The molecule has 0 saturated carbocycles. The van der Waals surface area contributed by atoms with E-state index in [0.717, 1.165) is 52.4 Å². The number of nitrogens with zero attached hydrogens (tertiary/aromatic N) is 7. The number of hydrogen-bond donors (Lipinski definition) is 2. The zero-order valence-corrected chi connectivity index (χ0v) is 32.7. The van der Waals surface area contributed by atoms with E-state index >= 15 is 0 Å². The lowest BCUT2D eigenvalue weighted by Crippen LogP contribution is -2.46. The first-order chi connectivity index (χ1) is 26.9. The first kappa shape index (κ1) is 37.3. The number of nitrogens with one attached hydrogen (secondary N) is 1. The van der Waals surface area contributed by atoms with E-state index in [-0.39, 0.29) is 18.1 Å². The second-order valence-corrected chi connectivity index (χ2v) is 16.5. The number of rotatable bonds is 11. The quantitative estimate of drug-likeness (QED) is 0.101. The van der Waals surface area contributed by atoms with Crippen LogP contribution in [0.1, 0.15) is 77.0 Å². The number of halogens is 1. The summed E-state index contributed by atoms with van der Waals surface area (Å²) in [4.78, 5) is 29.2. The number of carbonyl (C=O) groups is 1. The maximum absolute atomic E-state index is 15.0. The van der Waals surface area contributed by atoms with Gasteiger partial charge in [0.25, 0.3) is 0 Å². The number of likely N-dealkylation sites (tertiary alicyclic amines) is 2. The van der Waals surface area contributed by atoms with Crippen molar-refractivity contribution in [3.63, 3.8) is 0 Å². The average Bonchev–Trinajstić information content (AvgIpc) is 3.83. The second-order valence-electron chi connectivity index (χ2n) is 14.4. The molecule has 14 heteroatoms. The number of para-hydroxylation sites is 1. The second kappa shape index (κ2) is 17.0. The van der Waals surface area contributed by atoms with Crippen LogP contribution in [0.4, 0.5) is 26.3 Å². The van der Waals surface area contributed by atoms with E-state index in [0.29, 0.717) is 59.2 Å². The van der Waals surface area contributed by atoms with Crippen LogP contribution in [0, 0.1) is 24.6 Å². The lowest BCUT2D eigenvalue weighted by Gasteiger charge is -2.39. The Morgan fingerprint density at radius 3 is 2.65 bits per heavy atom. The number of aryl methyl sites for hydroxylation is 1. The van der Waals surface area contributed by atoms with Gasteiger partial charge in [-0.3, -0.25) is 4.90 Å². The highest BCUT2D eigenvalue weighted by Crippen LogP contribution is 2.39. The molecule has 0 spiro atoms. The fraction of sp³-hybridized carbons (Fsp3) is 0.439. The number of carboxylic acid groups (broad SMARTS) is 1. The van der Waals surface area contributed by atoms with E-state index in [1.165, 1.54) is 62.6 Å². The van der Waals surface area contributed by atoms with Crippen molar-refractivity contribution in [1.29, 1.82) is 0 Å². The molecule has 0 unspecified atom stereocenters. The van der Waals surface area contributed by atoms with Gasteiger partial charge in [-0.05, 0) is 102 Å². The molecular formula is C41H45FN8O3S2. The van der Waals surface area contributed by atoms with E-state index < -0.39 is 11.8 Å². The lowest BCUT2D eigenvalue weighted by molar-refractivity contribution is 0.0690. The van der Waals surface area contributed by atoms with Crippen molar-refractivity contribution in [2.24, 2.45) is 0 Å². The highest BCUT2D eigenvalue weighted by Gasteiger charge is 2.29. The maximum Gasteiger partial charge on any atom is 0.355 e. The summed E-state index contributed by atoms with van der Waals surface area (Å²) in [6.45, 7) is 8.18. The predicted molar refractivity (Wildman–Crippen MR) is 216 cm³/mol. The summed E-state index contributed by atoms with van der Waals surface area (Å²) in [5, 5.41) is 23.8. The molecule has 8 rings (SSSR count). The molecule has 0 amide bonds. The molecule has 3 aliphatic rings. The largest absolute Gasteiger partial charge is 0.491 e. The van der Waals surface area contributed by atoms with Crippen molar-refractivity contribution in [2.45, 2.75) is 70.8 Å². The van der Waals surface area contributed by atoms with Gasteiger partial charge in [0.05, 0.1) is 23.4 Å². The fourth-order valence-corrected chi connectivity index (χ4v) is 9.78. The van der Waals surface area contributed by atoms with Crippen LogP contribution in [0.2, 0.25) is 0 Å². The minimum Gasteiger partial charge on any atom is -0.491 e. The van der Waals surface area contributed by atoms with Gasteiger partial charge in [-0.25, -0.2) is 19.2 Å². The third-order valence-corrected chi connectivity index (χ3v) is 12.9. The Bertz CT molecular complexity index is 2180. The van der Waals surface area contributed by atoms with E-state index in [1.54, 1.807) is 23.5 Å². The van der Waals surface area contributed by atoms with Gasteiger partial charge in [0.15, 0.2) is 39.2 Å². The topological polar surface area (TPSA) is 120 Å². The molecule has 55 heavy (non-hydrogen) atoms. The zero-order valence-electron chi connectivity index (χ0n) is 31.0. The number of aromatic carboxylic acids is 1. The average molecular weight is 781 g/mol. The molecule has 0 radical (unpaired) electrons. The molecular weight excluding hydrogens is 736 g/mol. The summed E-state index contributed by atoms with van der Waals surface area (Å²) >= 11 is 2.90. The standard InChI is InChI=1S/C41H45FN8O3S2/c1-27-30-11-8-22-50(38(30)47-46-37(27)45-40-43-32-12-3-4-13-34(32)54-40)41-44-36(39(51)52)35(55-41)14-9-25-53-33-16-15-28(26-31(33)42)10-7-19-48-23-17-29(18-24-48)49-20-5-2-6-21-49/h3-4,12-13,15-16,26,29H,2,5-6,8-9,11,14,17-25H2,1H3,(H,51,52)(H,43,45,46). The summed E-state index contributed by atoms with van der Waals surface area (Å²) in [5.74, 6) is 6.31. The molecule has 0 atom stereocenters. The number of piperidine rings is 2. The van der Waals surface area contributed by atoms with Crippen molar-refractivity contribution in [3.05, 3.63) is 75.5 Å². The minimum absolute atomic E-state index is 0.0198. The van der Waals surface area contributed by atoms with Gasteiger partial charge >= 0.3 is 5.97 Å². The lowest BCUT2D eigenvalue weighted by atomic mass is 10.00. The monoisotopic (exact) mass is 780 g/mol. The number of anilines is 4. The van der Waals surface area contributed by atoms with Crippen LogP contribution in [0.25, 0.3) is 10.2 Å². The van der Waals surface area contributed by atoms with Gasteiger partial charge in [0.1, 0.15) is 0 Å². The van der Waals surface area contributed by atoms with Crippen LogP contribution in [-0.4, -0.2) is 93.0 Å². The molecule has 2 fully saturated rings. The fourth-order valence-electron chi connectivity index (χ4n) is 7.79. The van der Waals surface area contributed by atoms with Gasteiger partial charge in [-0.2, -0.15) is 0 Å². The van der Waals surface area contributed by atoms with E-state index in [1.807, 2.05) is 36.1 Å². The summed E-state index contributed by atoms with van der Waals surface area (Å²) in [6, 6.07) is 13.5. The molecule has 6 heterocycles. The molecule has 286 valence electrons.